The molecular formula is C26H19NO6S2. The van der Waals surface area contributed by atoms with Crippen LogP contribution in [0.15, 0.2) is 83.1 Å². The number of anilines is 1. The third-order valence-corrected chi connectivity index (χ3v) is 8.16. The maximum atomic E-state index is 13.3. The Labute approximate surface area is 204 Å². The number of sulfonamides is 1. The normalized spacial score (nSPS) is 11.6. The molecule has 176 valence electrons. The molecule has 0 bridgehead atoms. The van der Waals surface area contributed by atoms with Gasteiger partial charge in [-0.25, -0.2) is 13.2 Å². The molecule has 0 unspecified atom stereocenters. The van der Waals surface area contributed by atoms with Crippen molar-refractivity contribution >= 4 is 54.6 Å². The van der Waals surface area contributed by atoms with Crippen molar-refractivity contribution in [1.82, 2.24) is 0 Å². The minimum absolute atomic E-state index is 0.0463. The fraction of sp³-hybridized carbons (Fsp3) is 0.0385. The number of benzene rings is 4. The minimum atomic E-state index is -4.20. The molecule has 0 fully saturated rings. The number of hydrogen-bond acceptors (Lipinski definition) is 7. The number of methoxy groups -OCH3 is 1. The molecule has 0 aliphatic carbocycles. The summed E-state index contributed by atoms with van der Waals surface area (Å²) < 4.78 is 34.0. The fourth-order valence-electron chi connectivity index (χ4n) is 4.13. The van der Waals surface area contributed by atoms with E-state index in [0.717, 1.165) is 16.7 Å². The Bertz CT molecular complexity index is 1720. The first-order valence-electron chi connectivity index (χ1n) is 10.5. The van der Waals surface area contributed by atoms with E-state index in [1.807, 2.05) is 24.3 Å². The zero-order chi connectivity index (χ0) is 24.7. The van der Waals surface area contributed by atoms with Crippen molar-refractivity contribution in [3.8, 4) is 22.6 Å². The summed E-state index contributed by atoms with van der Waals surface area (Å²) in [6.45, 7) is 0. The lowest BCUT2D eigenvalue weighted by Crippen LogP contribution is -2.16. The van der Waals surface area contributed by atoms with Crippen molar-refractivity contribution in [1.29, 1.82) is 0 Å². The Morgan fingerprint density at radius 1 is 0.914 bits per heavy atom. The lowest BCUT2D eigenvalue weighted by Gasteiger charge is -2.17. The van der Waals surface area contributed by atoms with Crippen LogP contribution in [0.1, 0.15) is 9.67 Å². The van der Waals surface area contributed by atoms with Crippen molar-refractivity contribution in [2.45, 2.75) is 4.90 Å². The molecule has 0 aliphatic heterocycles. The molecule has 0 atom stereocenters. The van der Waals surface area contributed by atoms with Crippen LogP contribution in [0.4, 0.5) is 5.69 Å². The van der Waals surface area contributed by atoms with Gasteiger partial charge in [0.15, 0.2) is 0 Å². The smallest absolute Gasteiger partial charge is 0.349 e. The molecular weight excluding hydrogens is 486 g/mol. The summed E-state index contributed by atoms with van der Waals surface area (Å²) in [6, 6.07) is 20.3. The number of aromatic hydroxyl groups is 2. The molecule has 35 heavy (non-hydrogen) atoms. The van der Waals surface area contributed by atoms with Gasteiger partial charge in [0.25, 0.3) is 10.0 Å². The van der Waals surface area contributed by atoms with Gasteiger partial charge in [0.1, 0.15) is 21.3 Å². The highest BCUT2D eigenvalue weighted by atomic mass is 32.2. The van der Waals surface area contributed by atoms with Gasteiger partial charge in [-0.1, -0.05) is 54.6 Å². The predicted molar refractivity (Wildman–Crippen MR) is 137 cm³/mol. The van der Waals surface area contributed by atoms with Crippen LogP contribution in [0.5, 0.6) is 11.5 Å². The Hall–Kier alpha value is -4.08. The van der Waals surface area contributed by atoms with Crippen LogP contribution in [0.25, 0.3) is 32.7 Å². The van der Waals surface area contributed by atoms with Gasteiger partial charge in [-0.2, -0.15) is 0 Å². The van der Waals surface area contributed by atoms with Crippen molar-refractivity contribution < 1.29 is 28.2 Å². The molecule has 7 nitrogen and oxygen atoms in total. The van der Waals surface area contributed by atoms with Crippen LogP contribution >= 0.6 is 11.3 Å². The van der Waals surface area contributed by atoms with E-state index >= 15 is 0 Å². The molecule has 1 aromatic heterocycles. The van der Waals surface area contributed by atoms with Crippen LogP contribution in [0, 0.1) is 0 Å². The predicted octanol–water partition coefficient (Wildman–Crippen LogP) is 5.72. The summed E-state index contributed by atoms with van der Waals surface area (Å²) in [4.78, 5) is 11.8. The molecule has 0 saturated carbocycles. The molecule has 5 rings (SSSR count). The number of esters is 1. The molecule has 3 N–H and O–H groups in total. The maximum Gasteiger partial charge on any atom is 0.349 e. The summed E-state index contributed by atoms with van der Waals surface area (Å²) in [5, 5.41) is 25.8. The van der Waals surface area contributed by atoms with Gasteiger partial charge in [0, 0.05) is 21.9 Å². The Morgan fingerprint density at radius 2 is 1.60 bits per heavy atom. The molecule has 5 aromatic rings. The fourth-order valence-corrected chi connectivity index (χ4v) is 6.54. The third kappa shape index (κ3) is 3.84. The van der Waals surface area contributed by atoms with Gasteiger partial charge in [-0.15, -0.1) is 11.3 Å². The molecule has 0 radical (unpaired) electrons. The minimum Gasteiger partial charge on any atom is -0.507 e. The number of phenolic OH excluding ortho intramolecular Hbond substituents is 2. The number of carbonyl (C=O) groups is 1. The highest BCUT2D eigenvalue weighted by molar-refractivity contribution is 7.93. The van der Waals surface area contributed by atoms with Gasteiger partial charge < -0.3 is 14.9 Å². The van der Waals surface area contributed by atoms with Gasteiger partial charge in [0.2, 0.25) is 0 Å². The number of hydrogen-bond donors (Lipinski definition) is 3. The quantitative estimate of drug-likeness (QED) is 0.208. The van der Waals surface area contributed by atoms with Gasteiger partial charge >= 0.3 is 5.97 Å². The second kappa shape index (κ2) is 8.61. The highest BCUT2D eigenvalue weighted by Gasteiger charge is 2.26. The molecule has 0 spiro atoms. The van der Waals surface area contributed by atoms with E-state index in [4.69, 9.17) is 4.74 Å². The van der Waals surface area contributed by atoms with Gasteiger partial charge in [-0.05, 0) is 34.4 Å². The van der Waals surface area contributed by atoms with E-state index in [9.17, 15) is 23.4 Å². The first-order valence-corrected chi connectivity index (χ1v) is 12.8. The van der Waals surface area contributed by atoms with Gasteiger partial charge in [0.05, 0.1) is 12.8 Å². The second-order valence-corrected chi connectivity index (χ2v) is 10.3. The summed E-state index contributed by atoms with van der Waals surface area (Å²) in [6.07, 6.45) is 0. The van der Waals surface area contributed by atoms with Crippen LogP contribution in [0.2, 0.25) is 0 Å². The molecule has 1 heterocycles. The van der Waals surface area contributed by atoms with Crippen LogP contribution in [-0.2, 0) is 14.8 Å². The average Bonchev–Trinajstić information content (AvgIpc) is 3.37. The van der Waals surface area contributed by atoms with E-state index in [1.54, 1.807) is 30.3 Å². The molecule has 0 amide bonds. The largest absolute Gasteiger partial charge is 0.507 e. The van der Waals surface area contributed by atoms with Gasteiger partial charge in [-0.3, -0.25) is 4.72 Å². The zero-order valence-electron chi connectivity index (χ0n) is 18.3. The summed E-state index contributed by atoms with van der Waals surface area (Å²) >= 11 is 0.962. The number of fused-ring (bicyclic) bond motifs is 2. The second-order valence-electron chi connectivity index (χ2n) is 7.76. The Balaban J connectivity index is 1.75. The first kappa shape index (κ1) is 22.7. The highest BCUT2D eigenvalue weighted by Crippen LogP contribution is 2.46. The number of nitrogens with one attached hydrogen (secondary N) is 1. The zero-order valence-corrected chi connectivity index (χ0v) is 20.0. The molecule has 4 aromatic carbocycles. The van der Waals surface area contributed by atoms with Crippen molar-refractivity contribution in [3.05, 3.63) is 83.1 Å². The molecule has 9 heteroatoms. The standard InChI is InChI=1S/C26H19NO6S2/c1-33-26(30)25-22(12-13-34-25)35(31,32)27-20-14-19(24(29)18-9-5-4-8-17(18)20)23-16-7-3-2-6-15(16)10-11-21(23)28/h2-14,27-29H,1H3. The van der Waals surface area contributed by atoms with Crippen LogP contribution in [-0.4, -0.2) is 31.7 Å². The van der Waals surface area contributed by atoms with E-state index in [1.165, 1.54) is 30.7 Å². The van der Waals surface area contributed by atoms with Crippen LogP contribution in [0.3, 0.4) is 0 Å². The van der Waals surface area contributed by atoms with E-state index in [0.29, 0.717) is 21.7 Å². The SMILES string of the molecule is COC(=O)c1sccc1S(=O)(=O)Nc1cc(-c2c(O)ccc3ccccc23)c(O)c2ccccc12. The summed E-state index contributed by atoms with van der Waals surface area (Å²) in [7, 11) is -3.01. The van der Waals surface area contributed by atoms with Crippen molar-refractivity contribution in [2.75, 3.05) is 11.8 Å². The topological polar surface area (TPSA) is 113 Å². The number of thiophene rings is 1. The van der Waals surface area contributed by atoms with E-state index in [-0.39, 0.29) is 32.5 Å². The van der Waals surface area contributed by atoms with E-state index in [2.05, 4.69) is 4.72 Å². The first-order chi connectivity index (χ1) is 16.8. The summed E-state index contributed by atoms with van der Waals surface area (Å²) in [5.41, 5.74) is 0.814. The summed E-state index contributed by atoms with van der Waals surface area (Å²) in [5.74, 6) is -0.910. The number of phenols is 2. The third-order valence-electron chi connectivity index (χ3n) is 5.73. The Morgan fingerprint density at radius 3 is 2.34 bits per heavy atom. The number of rotatable bonds is 5. The number of carbonyl (C=O) groups excluding carboxylic acids is 1. The van der Waals surface area contributed by atoms with Crippen LogP contribution < -0.4 is 4.72 Å². The Kier molecular flexibility index (Phi) is 5.58. The molecule has 0 saturated heterocycles. The number of ether oxygens (including phenoxy) is 1. The van der Waals surface area contributed by atoms with E-state index < -0.39 is 16.0 Å². The lowest BCUT2D eigenvalue weighted by atomic mass is 9.93. The average molecular weight is 506 g/mol. The van der Waals surface area contributed by atoms with Crippen molar-refractivity contribution in [2.24, 2.45) is 0 Å². The molecule has 0 aliphatic rings. The monoisotopic (exact) mass is 505 g/mol. The van der Waals surface area contributed by atoms with Crippen molar-refractivity contribution in [3.63, 3.8) is 0 Å². The lowest BCUT2D eigenvalue weighted by molar-refractivity contribution is 0.0602. The maximum absolute atomic E-state index is 13.3.